The van der Waals surface area contributed by atoms with Crippen LogP contribution in [0.15, 0.2) is 47.4 Å². The Morgan fingerprint density at radius 3 is 2.80 bits per heavy atom. The highest BCUT2D eigenvalue weighted by atomic mass is 35.5. The maximum atomic E-state index is 12.4. The van der Waals surface area contributed by atoms with Crippen molar-refractivity contribution in [3.05, 3.63) is 52.5 Å². The van der Waals surface area contributed by atoms with Gasteiger partial charge in [-0.2, -0.15) is 5.26 Å². The van der Waals surface area contributed by atoms with Crippen LogP contribution >= 0.6 is 35.0 Å². The van der Waals surface area contributed by atoms with E-state index in [2.05, 4.69) is 11.4 Å². The summed E-state index contributed by atoms with van der Waals surface area (Å²) in [7, 11) is 0. The second-order valence-corrected chi connectivity index (χ2v) is 6.98. The third-order valence-electron chi connectivity index (χ3n) is 3.21. The average Bonchev–Trinajstić information content (AvgIpc) is 2.60. The van der Waals surface area contributed by atoms with E-state index in [1.54, 1.807) is 25.1 Å². The zero-order valence-corrected chi connectivity index (χ0v) is 15.8. The fraction of sp³-hybridized carbons (Fsp3) is 0.222. The molecule has 0 heterocycles. The summed E-state index contributed by atoms with van der Waals surface area (Å²) in [5.41, 5.74) is 0.683. The number of carbonyl (C=O) groups excluding carboxylic acids is 1. The number of para-hydroxylation sites is 1. The number of benzene rings is 2. The third-order valence-corrected chi connectivity index (χ3v) is 5.08. The third kappa shape index (κ3) is 5.57. The van der Waals surface area contributed by atoms with Gasteiger partial charge >= 0.3 is 0 Å². The van der Waals surface area contributed by atoms with Gasteiger partial charge in [0, 0.05) is 17.1 Å². The zero-order chi connectivity index (χ0) is 18.2. The van der Waals surface area contributed by atoms with E-state index in [0.29, 0.717) is 28.6 Å². The van der Waals surface area contributed by atoms with Gasteiger partial charge in [-0.25, -0.2) is 0 Å². The van der Waals surface area contributed by atoms with Crippen molar-refractivity contribution in [3.8, 4) is 11.8 Å². The first kappa shape index (κ1) is 19.5. The molecular formula is C18H16Cl2N2O2S. The normalized spacial score (nSPS) is 11.4. The molecule has 1 N–H and O–H groups in total. The molecule has 25 heavy (non-hydrogen) atoms. The van der Waals surface area contributed by atoms with Gasteiger partial charge in [-0.15, -0.1) is 11.8 Å². The van der Waals surface area contributed by atoms with E-state index in [9.17, 15) is 4.79 Å². The van der Waals surface area contributed by atoms with Crippen LogP contribution in [0, 0.1) is 11.3 Å². The summed E-state index contributed by atoms with van der Waals surface area (Å²) in [4.78, 5) is 13.3. The summed E-state index contributed by atoms with van der Waals surface area (Å²) in [5.74, 6) is 0.714. The van der Waals surface area contributed by atoms with Crippen molar-refractivity contribution in [2.45, 2.75) is 24.3 Å². The van der Waals surface area contributed by atoms with Crippen molar-refractivity contribution in [1.29, 1.82) is 5.26 Å². The predicted octanol–water partition coefficient (Wildman–Crippen LogP) is 5.41. The molecule has 4 nitrogen and oxygen atoms in total. The minimum atomic E-state index is -0.756. The first-order chi connectivity index (χ1) is 12.0. The van der Waals surface area contributed by atoms with E-state index in [4.69, 9.17) is 33.2 Å². The maximum Gasteiger partial charge on any atom is 0.265 e. The van der Waals surface area contributed by atoms with Crippen molar-refractivity contribution >= 4 is 46.6 Å². The molecule has 1 amide bonds. The number of nitrogens with zero attached hydrogens (tertiary/aromatic N) is 1. The summed E-state index contributed by atoms with van der Waals surface area (Å²) < 4.78 is 5.62. The number of halogens is 2. The zero-order valence-electron chi connectivity index (χ0n) is 13.5. The van der Waals surface area contributed by atoms with Gasteiger partial charge in [0.1, 0.15) is 10.8 Å². The van der Waals surface area contributed by atoms with Crippen LogP contribution in [0.1, 0.15) is 13.3 Å². The van der Waals surface area contributed by atoms with E-state index < -0.39 is 6.10 Å². The monoisotopic (exact) mass is 394 g/mol. The molecule has 0 unspecified atom stereocenters. The largest absolute Gasteiger partial charge is 0.479 e. The van der Waals surface area contributed by atoms with Crippen LogP contribution < -0.4 is 10.1 Å². The van der Waals surface area contributed by atoms with Crippen molar-refractivity contribution in [2.24, 2.45) is 0 Å². The second-order valence-electron chi connectivity index (χ2n) is 5.05. The fourth-order valence-corrected chi connectivity index (χ4v) is 3.15. The molecule has 0 saturated carbocycles. The summed E-state index contributed by atoms with van der Waals surface area (Å²) in [6, 6.07) is 14.5. The number of hydrogen-bond acceptors (Lipinski definition) is 4. The minimum absolute atomic E-state index is 0.274. The lowest BCUT2D eigenvalue weighted by Gasteiger charge is -2.17. The van der Waals surface area contributed by atoms with E-state index >= 15 is 0 Å². The van der Waals surface area contributed by atoms with E-state index in [-0.39, 0.29) is 10.9 Å². The lowest BCUT2D eigenvalue weighted by Crippen LogP contribution is -2.30. The van der Waals surface area contributed by atoms with Crippen LogP contribution in [0.3, 0.4) is 0 Å². The number of thioether (sulfide) groups is 1. The molecule has 0 aromatic heterocycles. The fourth-order valence-electron chi connectivity index (χ4n) is 1.96. The number of rotatable bonds is 7. The summed E-state index contributed by atoms with van der Waals surface area (Å²) in [6.45, 7) is 1.64. The summed E-state index contributed by atoms with van der Waals surface area (Å²) in [6.07, 6.45) is -0.312. The molecule has 0 bridgehead atoms. The topological polar surface area (TPSA) is 62.1 Å². The first-order valence-electron chi connectivity index (χ1n) is 7.53. The molecular weight excluding hydrogens is 379 g/mol. The highest BCUT2D eigenvalue weighted by Gasteiger charge is 2.18. The lowest BCUT2D eigenvalue weighted by atomic mass is 10.3. The Hall–Kier alpha value is -1.87. The Balaban J connectivity index is 2.04. The van der Waals surface area contributed by atoms with Gasteiger partial charge < -0.3 is 10.1 Å². The molecule has 0 radical (unpaired) electrons. The molecule has 0 spiro atoms. The summed E-state index contributed by atoms with van der Waals surface area (Å²) >= 11 is 13.5. The Morgan fingerprint density at radius 2 is 2.04 bits per heavy atom. The molecule has 0 fully saturated rings. The quantitative estimate of drug-likeness (QED) is 0.503. The number of amides is 1. The number of ether oxygens (including phenoxy) is 1. The molecule has 7 heteroatoms. The van der Waals surface area contributed by atoms with Crippen molar-refractivity contribution < 1.29 is 9.53 Å². The number of hydrogen-bond donors (Lipinski definition) is 1. The highest BCUT2D eigenvalue weighted by Crippen LogP contribution is 2.32. The minimum Gasteiger partial charge on any atom is -0.479 e. The van der Waals surface area contributed by atoms with Crippen molar-refractivity contribution in [3.63, 3.8) is 0 Å². The van der Waals surface area contributed by atoms with Crippen LogP contribution in [-0.2, 0) is 4.79 Å². The van der Waals surface area contributed by atoms with E-state index in [0.717, 1.165) is 4.90 Å². The van der Waals surface area contributed by atoms with Gasteiger partial charge in [-0.05, 0) is 31.2 Å². The van der Waals surface area contributed by atoms with Crippen molar-refractivity contribution in [1.82, 2.24) is 0 Å². The molecule has 0 aliphatic rings. The molecule has 2 aromatic carbocycles. The molecule has 2 rings (SSSR count). The smallest absolute Gasteiger partial charge is 0.265 e. The first-order valence-corrected chi connectivity index (χ1v) is 9.27. The van der Waals surface area contributed by atoms with Crippen LogP contribution in [0.2, 0.25) is 10.0 Å². The number of nitriles is 1. The standard InChI is InChI=1S/C18H16Cl2N2O2S/c1-12(24-15-8-4-6-13(19)17(15)20)18(23)22-14-7-2-3-9-16(14)25-11-5-10-21/h2-4,6-9,12H,5,11H2,1H3,(H,22,23)/t12-/m0/s1. The van der Waals surface area contributed by atoms with Gasteiger partial charge in [0.25, 0.3) is 5.91 Å². The molecule has 2 aromatic rings. The number of anilines is 1. The van der Waals surface area contributed by atoms with Gasteiger partial charge in [-0.3, -0.25) is 4.79 Å². The second kappa shape index (κ2) is 9.57. The SMILES string of the molecule is C[C@H](Oc1cccc(Cl)c1Cl)C(=O)Nc1ccccc1SCCC#N. The lowest BCUT2D eigenvalue weighted by molar-refractivity contribution is -0.122. The van der Waals surface area contributed by atoms with Crippen molar-refractivity contribution in [2.75, 3.05) is 11.1 Å². The molecule has 0 aliphatic heterocycles. The van der Waals surface area contributed by atoms with Crippen LogP contribution in [0.25, 0.3) is 0 Å². The molecule has 0 aliphatic carbocycles. The molecule has 0 saturated heterocycles. The Bertz CT molecular complexity index is 793. The highest BCUT2D eigenvalue weighted by molar-refractivity contribution is 7.99. The van der Waals surface area contributed by atoms with Crippen LogP contribution in [-0.4, -0.2) is 17.8 Å². The Labute approximate surface area is 161 Å². The van der Waals surface area contributed by atoms with Crippen LogP contribution in [0.5, 0.6) is 5.75 Å². The summed E-state index contributed by atoms with van der Waals surface area (Å²) in [5, 5.41) is 12.1. The number of carbonyl (C=O) groups is 1. The molecule has 1 atom stereocenters. The van der Waals surface area contributed by atoms with Gasteiger partial charge in [0.15, 0.2) is 6.10 Å². The van der Waals surface area contributed by atoms with E-state index in [1.807, 2.05) is 24.3 Å². The Kier molecular flexibility index (Phi) is 7.45. The Morgan fingerprint density at radius 1 is 1.28 bits per heavy atom. The van der Waals surface area contributed by atoms with Gasteiger partial charge in [0.2, 0.25) is 0 Å². The maximum absolute atomic E-state index is 12.4. The van der Waals surface area contributed by atoms with Crippen LogP contribution in [0.4, 0.5) is 5.69 Å². The average molecular weight is 395 g/mol. The molecule has 130 valence electrons. The van der Waals surface area contributed by atoms with Gasteiger partial charge in [-0.1, -0.05) is 41.4 Å². The predicted molar refractivity (Wildman–Crippen MR) is 103 cm³/mol. The van der Waals surface area contributed by atoms with Gasteiger partial charge in [0.05, 0.1) is 16.8 Å². The van der Waals surface area contributed by atoms with E-state index in [1.165, 1.54) is 11.8 Å². The number of nitrogens with one attached hydrogen (secondary N) is 1.